The van der Waals surface area contributed by atoms with Crippen LogP contribution in [0.1, 0.15) is 34.0 Å². The van der Waals surface area contributed by atoms with Gasteiger partial charge in [0.1, 0.15) is 11.9 Å². The molecule has 1 atom stereocenters. The van der Waals surface area contributed by atoms with E-state index in [1.165, 1.54) is 30.3 Å². The molecule has 0 fully saturated rings. The molecule has 11 heteroatoms. The number of nitrogens with zero attached hydrogens (tertiary/aromatic N) is 3. The van der Waals surface area contributed by atoms with E-state index in [1.54, 1.807) is 13.0 Å². The Hall–Kier alpha value is -3.21. The van der Waals surface area contributed by atoms with Crippen molar-refractivity contribution in [2.24, 2.45) is 0 Å². The number of alkyl halides is 3. The quantitative estimate of drug-likeness (QED) is 0.737. The van der Waals surface area contributed by atoms with Gasteiger partial charge in [-0.3, -0.25) is 9.59 Å². The fourth-order valence-electron chi connectivity index (χ4n) is 2.97. The number of aliphatic hydroxyl groups excluding tert-OH is 1. The summed E-state index contributed by atoms with van der Waals surface area (Å²) in [4.78, 5) is 33.9. The minimum atomic E-state index is -4.46. The van der Waals surface area contributed by atoms with E-state index in [2.05, 4.69) is 20.0 Å². The minimum Gasteiger partial charge on any atom is -0.468 e. The third kappa shape index (κ3) is 4.85. The van der Waals surface area contributed by atoms with Gasteiger partial charge >= 0.3 is 6.18 Å². The van der Waals surface area contributed by atoms with Gasteiger partial charge in [-0.15, -0.1) is 0 Å². The summed E-state index contributed by atoms with van der Waals surface area (Å²) in [5, 5.41) is 11.9. The Morgan fingerprint density at radius 3 is 2.77 bits per heavy atom. The van der Waals surface area contributed by atoms with Crippen LogP contribution in [0, 0.1) is 6.92 Å². The maximum Gasteiger partial charge on any atom is 0.422 e. The molecule has 2 aromatic rings. The molecule has 0 saturated carbocycles. The van der Waals surface area contributed by atoms with Gasteiger partial charge in [-0.05, 0) is 31.5 Å². The SMILES string of the molecule is Cc1cc(CN2Cc3c(ccnc3NC(=O)[C@@H](C)O)C2=O)cnc1OCC(F)(F)F. The number of amides is 2. The maximum atomic E-state index is 12.7. The molecule has 2 amide bonds. The van der Waals surface area contributed by atoms with E-state index in [1.807, 2.05) is 0 Å². The highest BCUT2D eigenvalue weighted by Crippen LogP contribution is 2.29. The Bertz CT molecular complexity index is 979. The fourth-order valence-corrected chi connectivity index (χ4v) is 2.97. The third-order valence-corrected chi connectivity index (χ3v) is 4.38. The molecule has 2 N–H and O–H groups in total. The maximum absolute atomic E-state index is 12.7. The first-order chi connectivity index (χ1) is 14.0. The van der Waals surface area contributed by atoms with Gasteiger partial charge < -0.3 is 20.1 Å². The van der Waals surface area contributed by atoms with Crippen molar-refractivity contribution < 1.29 is 32.6 Å². The zero-order valence-electron chi connectivity index (χ0n) is 16.2. The molecule has 3 rings (SSSR count). The summed E-state index contributed by atoms with van der Waals surface area (Å²) in [5.41, 5.74) is 1.91. The van der Waals surface area contributed by atoms with Crippen molar-refractivity contribution >= 4 is 17.6 Å². The molecular formula is C19H19F3N4O4. The van der Waals surface area contributed by atoms with Gasteiger partial charge in [0, 0.05) is 35.6 Å². The fraction of sp³-hybridized carbons (Fsp3) is 0.368. The van der Waals surface area contributed by atoms with Gasteiger partial charge in [0.25, 0.3) is 11.8 Å². The molecule has 0 aromatic carbocycles. The Balaban J connectivity index is 1.73. The van der Waals surface area contributed by atoms with Crippen LogP contribution >= 0.6 is 0 Å². The van der Waals surface area contributed by atoms with Crippen molar-refractivity contribution in [1.82, 2.24) is 14.9 Å². The molecule has 0 aliphatic carbocycles. The summed E-state index contributed by atoms with van der Waals surface area (Å²) in [5.74, 6) is -0.857. The summed E-state index contributed by atoms with van der Waals surface area (Å²) < 4.78 is 41.6. The van der Waals surface area contributed by atoms with Crippen molar-refractivity contribution in [3.63, 3.8) is 0 Å². The summed E-state index contributed by atoms with van der Waals surface area (Å²) in [7, 11) is 0. The molecule has 0 spiro atoms. The summed E-state index contributed by atoms with van der Waals surface area (Å²) in [6.45, 7) is 1.77. The summed E-state index contributed by atoms with van der Waals surface area (Å²) in [6.07, 6.45) is -2.96. The molecule has 0 bridgehead atoms. The molecule has 0 saturated heterocycles. The van der Waals surface area contributed by atoms with Crippen LogP contribution in [-0.4, -0.2) is 50.7 Å². The number of hydrogen-bond acceptors (Lipinski definition) is 6. The van der Waals surface area contributed by atoms with Crippen LogP contribution in [0.25, 0.3) is 0 Å². The van der Waals surface area contributed by atoms with Crippen LogP contribution in [0.4, 0.5) is 19.0 Å². The number of pyridine rings is 2. The van der Waals surface area contributed by atoms with E-state index in [4.69, 9.17) is 0 Å². The third-order valence-electron chi connectivity index (χ3n) is 4.38. The molecule has 1 aliphatic heterocycles. The highest BCUT2D eigenvalue weighted by molar-refractivity contribution is 6.01. The van der Waals surface area contributed by atoms with Gasteiger partial charge in [0.05, 0.1) is 6.54 Å². The van der Waals surface area contributed by atoms with Gasteiger partial charge in [-0.1, -0.05) is 0 Å². The molecule has 3 heterocycles. The van der Waals surface area contributed by atoms with E-state index >= 15 is 0 Å². The van der Waals surface area contributed by atoms with E-state index in [9.17, 15) is 27.9 Å². The van der Waals surface area contributed by atoms with Crippen molar-refractivity contribution in [1.29, 1.82) is 0 Å². The average Bonchev–Trinajstić information content (AvgIpc) is 2.97. The van der Waals surface area contributed by atoms with Gasteiger partial charge in [-0.2, -0.15) is 13.2 Å². The Kier molecular flexibility index (Phi) is 5.92. The largest absolute Gasteiger partial charge is 0.468 e. The van der Waals surface area contributed by atoms with E-state index in [-0.39, 0.29) is 30.7 Å². The molecule has 1 aliphatic rings. The molecular weight excluding hydrogens is 405 g/mol. The van der Waals surface area contributed by atoms with Crippen LogP contribution in [-0.2, 0) is 17.9 Å². The molecule has 30 heavy (non-hydrogen) atoms. The lowest BCUT2D eigenvalue weighted by atomic mass is 10.1. The van der Waals surface area contributed by atoms with Crippen molar-refractivity contribution in [3.05, 3.63) is 46.8 Å². The second kappa shape index (κ2) is 8.27. The van der Waals surface area contributed by atoms with Gasteiger partial charge in [-0.25, -0.2) is 9.97 Å². The number of halogens is 3. The molecule has 2 aromatic heterocycles. The zero-order chi connectivity index (χ0) is 22.1. The van der Waals surface area contributed by atoms with Crippen LogP contribution < -0.4 is 10.1 Å². The Labute approximate surface area is 169 Å². The second-order valence-electron chi connectivity index (χ2n) is 6.88. The first kappa shape index (κ1) is 21.5. The lowest BCUT2D eigenvalue weighted by molar-refractivity contribution is -0.154. The highest BCUT2D eigenvalue weighted by Gasteiger charge is 2.31. The topological polar surface area (TPSA) is 105 Å². The monoisotopic (exact) mass is 424 g/mol. The Morgan fingerprint density at radius 2 is 2.13 bits per heavy atom. The van der Waals surface area contributed by atoms with Crippen LogP contribution in [0.2, 0.25) is 0 Å². The van der Waals surface area contributed by atoms with Crippen LogP contribution in [0.5, 0.6) is 5.88 Å². The number of ether oxygens (including phenoxy) is 1. The number of carbonyl (C=O) groups is 2. The molecule has 160 valence electrons. The summed E-state index contributed by atoms with van der Waals surface area (Å²) in [6, 6.07) is 3.14. The zero-order valence-corrected chi connectivity index (χ0v) is 16.2. The number of hydrogen-bond donors (Lipinski definition) is 2. The number of carbonyl (C=O) groups excluding carboxylic acids is 2. The van der Waals surface area contributed by atoms with Gasteiger partial charge in [0.15, 0.2) is 6.61 Å². The number of aromatic nitrogens is 2. The lowest BCUT2D eigenvalue weighted by Crippen LogP contribution is -2.26. The summed E-state index contributed by atoms with van der Waals surface area (Å²) >= 11 is 0. The van der Waals surface area contributed by atoms with Crippen molar-refractivity contribution in [2.75, 3.05) is 11.9 Å². The average molecular weight is 424 g/mol. The Morgan fingerprint density at radius 1 is 1.40 bits per heavy atom. The lowest BCUT2D eigenvalue weighted by Gasteiger charge is -2.17. The minimum absolute atomic E-state index is 0.126. The predicted molar refractivity (Wildman–Crippen MR) is 98.6 cm³/mol. The van der Waals surface area contributed by atoms with E-state index in [0.29, 0.717) is 22.3 Å². The molecule has 8 nitrogen and oxygen atoms in total. The number of nitrogens with one attached hydrogen (secondary N) is 1. The van der Waals surface area contributed by atoms with Crippen LogP contribution in [0.15, 0.2) is 24.5 Å². The number of anilines is 1. The number of aliphatic hydroxyl groups is 1. The first-order valence-corrected chi connectivity index (χ1v) is 8.96. The highest BCUT2D eigenvalue weighted by atomic mass is 19.4. The number of fused-ring (bicyclic) bond motifs is 1. The number of rotatable bonds is 6. The van der Waals surface area contributed by atoms with Crippen LogP contribution in [0.3, 0.4) is 0 Å². The first-order valence-electron chi connectivity index (χ1n) is 8.96. The predicted octanol–water partition coefficient (Wildman–Crippen LogP) is 2.20. The molecule has 0 unspecified atom stereocenters. The van der Waals surface area contributed by atoms with Crippen molar-refractivity contribution in [3.8, 4) is 5.88 Å². The van der Waals surface area contributed by atoms with E-state index < -0.39 is 24.8 Å². The molecule has 0 radical (unpaired) electrons. The normalized spacial score (nSPS) is 14.5. The van der Waals surface area contributed by atoms with E-state index in [0.717, 1.165) is 0 Å². The van der Waals surface area contributed by atoms with Gasteiger partial charge in [0.2, 0.25) is 5.88 Å². The van der Waals surface area contributed by atoms with Crippen molar-refractivity contribution in [2.45, 2.75) is 39.2 Å². The number of aryl methyl sites for hydroxylation is 1. The smallest absolute Gasteiger partial charge is 0.422 e. The standard InChI is InChI=1S/C19H19F3N4O4/c1-10-5-12(6-24-17(10)30-9-19(20,21)22)7-26-8-14-13(18(26)29)3-4-23-15(14)25-16(28)11(2)27/h3-6,11,27H,7-9H2,1-2H3,(H,23,25,28)/t11-/m1/s1. The second-order valence-corrected chi connectivity index (χ2v) is 6.88.